The molecule has 2 aromatic rings. The number of hydrogen-bond acceptors (Lipinski definition) is 3. The molecule has 0 saturated carbocycles. The zero-order valence-electron chi connectivity index (χ0n) is 11.4. The lowest BCUT2D eigenvalue weighted by atomic mass is 10.2. The third-order valence-corrected chi connectivity index (χ3v) is 2.94. The zero-order chi connectivity index (χ0) is 13.7. The van der Waals surface area contributed by atoms with E-state index in [0.29, 0.717) is 6.61 Å². The Hall–Kier alpha value is -2.16. The summed E-state index contributed by atoms with van der Waals surface area (Å²) >= 11 is 0. The van der Waals surface area contributed by atoms with Crippen molar-refractivity contribution < 1.29 is 4.74 Å². The second kappa shape index (κ2) is 6.14. The van der Waals surface area contributed by atoms with Crippen LogP contribution in [0.2, 0.25) is 0 Å². The molecule has 19 heavy (non-hydrogen) atoms. The van der Waals surface area contributed by atoms with Gasteiger partial charge in [0.2, 0.25) is 0 Å². The molecular weight excluding hydrogens is 236 g/mol. The van der Waals surface area contributed by atoms with Gasteiger partial charge in [0.15, 0.2) is 0 Å². The number of nitrogens with two attached hydrogens (primary N) is 1. The molecule has 3 N–H and O–H groups in total. The molecule has 2 rings (SSSR count). The van der Waals surface area contributed by atoms with Crippen molar-refractivity contribution >= 4 is 11.4 Å². The number of benzene rings is 2. The van der Waals surface area contributed by atoms with Gasteiger partial charge in [0.05, 0.1) is 0 Å². The second-order valence-electron chi connectivity index (χ2n) is 4.67. The van der Waals surface area contributed by atoms with E-state index >= 15 is 0 Å². The van der Waals surface area contributed by atoms with E-state index in [1.54, 1.807) is 0 Å². The van der Waals surface area contributed by atoms with Gasteiger partial charge < -0.3 is 15.8 Å². The number of rotatable bonds is 5. The highest BCUT2D eigenvalue weighted by Gasteiger charge is 1.98. The molecule has 0 aromatic heterocycles. The topological polar surface area (TPSA) is 47.3 Å². The quantitative estimate of drug-likeness (QED) is 0.637. The first-order valence-corrected chi connectivity index (χ1v) is 6.44. The largest absolute Gasteiger partial charge is 0.492 e. The molecule has 0 amide bonds. The Morgan fingerprint density at radius 1 is 1.11 bits per heavy atom. The van der Waals surface area contributed by atoms with Crippen molar-refractivity contribution in [3.63, 3.8) is 0 Å². The molecule has 100 valence electrons. The highest BCUT2D eigenvalue weighted by atomic mass is 16.5. The number of hydrogen-bond donors (Lipinski definition) is 2. The summed E-state index contributed by atoms with van der Waals surface area (Å²) in [6.07, 6.45) is 0. The molecule has 0 bridgehead atoms. The molecule has 2 aromatic carbocycles. The van der Waals surface area contributed by atoms with Crippen LogP contribution in [0.25, 0.3) is 0 Å². The number of nitrogens with one attached hydrogen (secondary N) is 1. The second-order valence-corrected chi connectivity index (χ2v) is 4.67. The van der Waals surface area contributed by atoms with Crippen LogP contribution in [-0.4, -0.2) is 13.2 Å². The van der Waals surface area contributed by atoms with Crippen LogP contribution >= 0.6 is 0 Å². The van der Waals surface area contributed by atoms with Gasteiger partial charge in [0, 0.05) is 17.9 Å². The van der Waals surface area contributed by atoms with Gasteiger partial charge in [0.1, 0.15) is 12.4 Å². The first-order valence-electron chi connectivity index (χ1n) is 6.44. The van der Waals surface area contributed by atoms with Crippen LogP contribution in [0, 0.1) is 13.8 Å². The number of aryl methyl sites for hydroxylation is 2. The maximum atomic E-state index is 5.77. The van der Waals surface area contributed by atoms with Gasteiger partial charge in [-0.1, -0.05) is 18.2 Å². The minimum absolute atomic E-state index is 0.623. The van der Waals surface area contributed by atoms with Gasteiger partial charge in [-0.2, -0.15) is 0 Å². The summed E-state index contributed by atoms with van der Waals surface area (Å²) < 4.78 is 5.68. The Kier molecular flexibility index (Phi) is 4.29. The Morgan fingerprint density at radius 2 is 1.95 bits per heavy atom. The standard InChI is InChI=1S/C16H20N2O/c1-12-4-3-5-15(10-12)19-9-8-18-16-11-14(17)7-6-13(16)2/h3-7,10-11,18H,8-9,17H2,1-2H3. The smallest absolute Gasteiger partial charge is 0.119 e. The fourth-order valence-electron chi connectivity index (χ4n) is 1.89. The summed E-state index contributed by atoms with van der Waals surface area (Å²) in [4.78, 5) is 0. The monoisotopic (exact) mass is 256 g/mol. The van der Waals surface area contributed by atoms with Gasteiger partial charge in [-0.15, -0.1) is 0 Å². The molecule has 3 heteroatoms. The molecule has 0 aliphatic heterocycles. The third-order valence-electron chi connectivity index (χ3n) is 2.94. The summed E-state index contributed by atoms with van der Waals surface area (Å²) in [5, 5.41) is 3.33. The Labute approximate surface area is 114 Å². The van der Waals surface area contributed by atoms with Crippen LogP contribution in [0.3, 0.4) is 0 Å². The maximum absolute atomic E-state index is 5.77. The number of nitrogen functional groups attached to an aromatic ring is 1. The predicted octanol–water partition coefficient (Wildman–Crippen LogP) is 3.38. The van der Waals surface area contributed by atoms with Crippen LogP contribution in [0.5, 0.6) is 5.75 Å². The van der Waals surface area contributed by atoms with E-state index in [9.17, 15) is 0 Å². The summed E-state index contributed by atoms with van der Waals surface area (Å²) in [6, 6.07) is 13.9. The van der Waals surface area contributed by atoms with E-state index < -0.39 is 0 Å². The molecule has 0 heterocycles. The van der Waals surface area contributed by atoms with E-state index in [1.165, 1.54) is 11.1 Å². The molecule has 0 unspecified atom stereocenters. The van der Waals surface area contributed by atoms with Crippen molar-refractivity contribution in [2.24, 2.45) is 0 Å². The summed E-state index contributed by atoms with van der Waals surface area (Å²) in [6.45, 7) is 5.49. The molecule has 0 spiro atoms. The van der Waals surface area contributed by atoms with Crippen LogP contribution in [0.1, 0.15) is 11.1 Å². The first kappa shape index (κ1) is 13.3. The van der Waals surface area contributed by atoms with Crippen molar-refractivity contribution in [1.29, 1.82) is 0 Å². The normalized spacial score (nSPS) is 10.2. The average molecular weight is 256 g/mol. The van der Waals surface area contributed by atoms with E-state index in [1.807, 2.05) is 36.4 Å². The molecule has 3 nitrogen and oxygen atoms in total. The maximum Gasteiger partial charge on any atom is 0.119 e. The average Bonchev–Trinajstić information content (AvgIpc) is 2.39. The van der Waals surface area contributed by atoms with Gasteiger partial charge >= 0.3 is 0 Å². The number of anilines is 2. The minimum atomic E-state index is 0.623. The minimum Gasteiger partial charge on any atom is -0.492 e. The molecule has 0 radical (unpaired) electrons. The summed E-state index contributed by atoms with van der Waals surface area (Å²) in [5.74, 6) is 0.908. The van der Waals surface area contributed by atoms with Crippen molar-refractivity contribution in [3.8, 4) is 5.75 Å². The SMILES string of the molecule is Cc1cccc(OCCNc2cc(N)ccc2C)c1. The van der Waals surface area contributed by atoms with Crippen LogP contribution < -0.4 is 15.8 Å². The lowest BCUT2D eigenvalue weighted by molar-refractivity contribution is 0.332. The van der Waals surface area contributed by atoms with Crippen molar-refractivity contribution in [2.75, 3.05) is 24.2 Å². The zero-order valence-corrected chi connectivity index (χ0v) is 11.4. The predicted molar refractivity (Wildman–Crippen MR) is 80.8 cm³/mol. The number of ether oxygens (including phenoxy) is 1. The molecule has 0 saturated heterocycles. The van der Waals surface area contributed by atoms with Crippen LogP contribution in [-0.2, 0) is 0 Å². The molecular formula is C16H20N2O. The Bertz CT molecular complexity index is 552. The van der Waals surface area contributed by atoms with Gasteiger partial charge in [-0.25, -0.2) is 0 Å². The third kappa shape index (κ3) is 3.91. The molecule has 0 aliphatic carbocycles. The molecule has 0 aliphatic rings. The molecule has 0 atom stereocenters. The van der Waals surface area contributed by atoms with Crippen molar-refractivity contribution in [3.05, 3.63) is 53.6 Å². The lowest BCUT2D eigenvalue weighted by Gasteiger charge is -2.11. The van der Waals surface area contributed by atoms with E-state index in [-0.39, 0.29) is 0 Å². The van der Waals surface area contributed by atoms with Crippen molar-refractivity contribution in [2.45, 2.75) is 13.8 Å². The fourth-order valence-corrected chi connectivity index (χ4v) is 1.89. The first-order chi connectivity index (χ1) is 9.15. The van der Waals surface area contributed by atoms with E-state index in [0.717, 1.165) is 23.7 Å². The Morgan fingerprint density at radius 3 is 2.74 bits per heavy atom. The Balaban J connectivity index is 1.82. The van der Waals surface area contributed by atoms with Gasteiger partial charge in [0.25, 0.3) is 0 Å². The van der Waals surface area contributed by atoms with Crippen LogP contribution in [0.4, 0.5) is 11.4 Å². The van der Waals surface area contributed by atoms with Gasteiger partial charge in [-0.05, 0) is 49.2 Å². The lowest BCUT2D eigenvalue weighted by Crippen LogP contribution is -2.12. The van der Waals surface area contributed by atoms with Crippen molar-refractivity contribution in [1.82, 2.24) is 0 Å². The van der Waals surface area contributed by atoms with E-state index in [2.05, 4.69) is 25.2 Å². The van der Waals surface area contributed by atoms with E-state index in [4.69, 9.17) is 10.5 Å². The summed E-state index contributed by atoms with van der Waals surface area (Å²) in [5.41, 5.74) is 9.99. The summed E-state index contributed by atoms with van der Waals surface area (Å²) in [7, 11) is 0. The highest BCUT2D eigenvalue weighted by molar-refractivity contribution is 5.59. The van der Waals surface area contributed by atoms with Crippen LogP contribution in [0.15, 0.2) is 42.5 Å². The molecule has 0 fully saturated rings. The fraction of sp³-hybridized carbons (Fsp3) is 0.250. The van der Waals surface area contributed by atoms with Gasteiger partial charge in [-0.3, -0.25) is 0 Å². The highest BCUT2D eigenvalue weighted by Crippen LogP contribution is 2.18.